The maximum Gasteiger partial charge on any atom is 0.332 e. The molecule has 3 heterocycles. The number of aryl methyl sites for hydroxylation is 2. The highest BCUT2D eigenvalue weighted by atomic mass is 16.5. The molecule has 170 valence electrons. The van der Waals surface area contributed by atoms with Crippen LogP contribution in [0.1, 0.15) is 30.9 Å². The van der Waals surface area contributed by atoms with Crippen LogP contribution in [0.25, 0.3) is 11.2 Å². The van der Waals surface area contributed by atoms with Gasteiger partial charge >= 0.3 is 11.7 Å². The van der Waals surface area contributed by atoms with Gasteiger partial charge in [-0.05, 0) is 32.3 Å². The summed E-state index contributed by atoms with van der Waals surface area (Å²) in [6, 6.07) is 8.13. The highest BCUT2D eigenvalue weighted by molar-refractivity contribution is 5.75. The van der Waals surface area contributed by atoms with Gasteiger partial charge in [-0.3, -0.25) is 23.3 Å². The van der Waals surface area contributed by atoms with E-state index in [2.05, 4.69) is 4.90 Å². The number of benzene rings is 1. The van der Waals surface area contributed by atoms with Crippen LogP contribution in [0.3, 0.4) is 0 Å². The Balaban J connectivity index is 1.78. The second-order valence-electron chi connectivity index (χ2n) is 8.37. The summed E-state index contributed by atoms with van der Waals surface area (Å²) in [5.41, 5.74) is 2.19. The first kappa shape index (κ1) is 21.9. The van der Waals surface area contributed by atoms with E-state index in [1.54, 1.807) is 7.05 Å². The predicted octanol–water partition coefficient (Wildman–Crippen LogP) is 1.57. The molecule has 9 heteroatoms. The fourth-order valence-corrected chi connectivity index (χ4v) is 4.28. The van der Waals surface area contributed by atoms with Crippen LogP contribution in [0, 0.1) is 12.8 Å². The zero-order valence-electron chi connectivity index (χ0n) is 19.0. The van der Waals surface area contributed by atoms with Crippen LogP contribution in [-0.2, 0) is 30.2 Å². The lowest BCUT2D eigenvalue weighted by molar-refractivity contribution is -0.148. The zero-order chi connectivity index (χ0) is 23.0. The second kappa shape index (κ2) is 8.64. The van der Waals surface area contributed by atoms with Crippen molar-refractivity contribution in [3.05, 3.63) is 56.2 Å². The minimum absolute atomic E-state index is 0.127. The molecule has 0 saturated carbocycles. The third kappa shape index (κ3) is 3.83. The molecule has 0 amide bonds. The molecule has 1 aliphatic rings. The highest BCUT2D eigenvalue weighted by Gasteiger charge is 2.29. The normalized spacial score (nSPS) is 14.8. The third-order valence-corrected chi connectivity index (χ3v) is 6.19. The van der Waals surface area contributed by atoms with Gasteiger partial charge in [-0.1, -0.05) is 29.8 Å². The van der Waals surface area contributed by atoms with Crippen molar-refractivity contribution in [2.75, 3.05) is 24.6 Å². The Morgan fingerprint density at radius 2 is 1.75 bits per heavy atom. The first-order valence-electron chi connectivity index (χ1n) is 10.9. The number of nitrogens with zero attached hydrogens (tertiary/aromatic N) is 5. The molecule has 3 aromatic rings. The largest absolute Gasteiger partial charge is 0.466 e. The van der Waals surface area contributed by atoms with Gasteiger partial charge in [-0.2, -0.15) is 4.98 Å². The van der Waals surface area contributed by atoms with Crippen LogP contribution in [0.15, 0.2) is 33.9 Å². The smallest absolute Gasteiger partial charge is 0.332 e. The molecule has 9 nitrogen and oxygen atoms in total. The van der Waals surface area contributed by atoms with Gasteiger partial charge in [0.1, 0.15) is 0 Å². The maximum absolute atomic E-state index is 13.1. The molecule has 32 heavy (non-hydrogen) atoms. The number of piperidine rings is 1. The Morgan fingerprint density at radius 1 is 1.09 bits per heavy atom. The average molecular weight is 440 g/mol. The average Bonchev–Trinajstić information content (AvgIpc) is 3.17. The Morgan fingerprint density at radius 3 is 2.38 bits per heavy atom. The van der Waals surface area contributed by atoms with E-state index >= 15 is 0 Å². The van der Waals surface area contributed by atoms with Crippen molar-refractivity contribution < 1.29 is 9.53 Å². The van der Waals surface area contributed by atoms with Crippen LogP contribution in [0.2, 0.25) is 0 Å². The fourth-order valence-electron chi connectivity index (χ4n) is 4.28. The van der Waals surface area contributed by atoms with Crippen molar-refractivity contribution in [2.45, 2.75) is 33.2 Å². The molecule has 2 aromatic heterocycles. The summed E-state index contributed by atoms with van der Waals surface area (Å²) in [5, 5.41) is 0. The van der Waals surface area contributed by atoms with E-state index < -0.39 is 5.69 Å². The van der Waals surface area contributed by atoms with Crippen LogP contribution in [0.4, 0.5) is 5.95 Å². The first-order valence-corrected chi connectivity index (χ1v) is 10.9. The van der Waals surface area contributed by atoms with Gasteiger partial charge in [-0.25, -0.2) is 4.79 Å². The molecule has 1 aliphatic heterocycles. The molecule has 1 aromatic carbocycles. The molecule has 0 aliphatic carbocycles. The number of aromatic nitrogens is 4. The van der Waals surface area contributed by atoms with Crippen molar-refractivity contribution in [3.8, 4) is 0 Å². The first-order chi connectivity index (χ1) is 15.3. The minimum Gasteiger partial charge on any atom is -0.466 e. The monoisotopic (exact) mass is 439 g/mol. The van der Waals surface area contributed by atoms with E-state index in [0.29, 0.717) is 56.2 Å². The maximum atomic E-state index is 13.1. The number of carbonyl (C=O) groups is 1. The van der Waals surface area contributed by atoms with Gasteiger partial charge in [0.05, 0.1) is 19.1 Å². The lowest BCUT2D eigenvalue weighted by Gasteiger charge is -2.32. The molecule has 0 atom stereocenters. The number of imidazole rings is 1. The summed E-state index contributed by atoms with van der Waals surface area (Å²) < 4.78 is 9.61. The van der Waals surface area contributed by atoms with E-state index in [1.807, 2.05) is 42.7 Å². The fraction of sp³-hybridized carbons (Fsp3) is 0.478. The molecular weight excluding hydrogens is 410 g/mol. The zero-order valence-corrected chi connectivity index (χ0v) is 19.0. The standard InChI is InChI=1S/C23H29N5O4/c1-5-32-21(30)17-10-12-27(13-11-17)22-24-19-18(20(29)26(4)23(31)25(19)3)28(22)14-16-8-6-15(2)7-9-16/h6-9,17H,5,10-14H2,1-4H3. The van der Waals surface area contributed by atoms with Gasteiger partial charge in [0.15, 0.2) is 11.2 Å². The minimum atomic E-state index is -0.407. The summed E-state index contributed by atoms with van der Waals surface area (Å²) >= 11 is 0. The van der Waals surface area contributed by atoms with Gasteiger partial charge < -0.3 is 9.64 Å². The summed E-state index contributed by atoms with van der Waals surface area (Å²) in [6.45, 7) is 5.91. The Kier molecular flexibility index (Phi) is 5.90. The SMILES string of the molecule is CCOC(=O)C1CCN(c2nc3c(c(=O)n(C)c(=O)n3C)n2Cc2ccc(C)cc2)CC1. The van der Waals surface area contributed by atoms with Gasteiger partial charge in [-0.15, -0.1) is 0 Å². The number of rotatable bonds is 5. The number of carbonyl (C=O) groups excluding carboxylic acids is 1. The van der Waals surface area contributed by atoms with E-state index in [0.717, 1.165) is 15.7 Å². The summed E-state index contributed by atoms with van der Waals surface area (Å²) in [6.07, 6.45) is 1.31. The molecule has 0 radical (unpaired) electrons. The highest BCUT2D eigenvalue weighted by Crippen LogP contribution is 2.27. The Labute approximate surface area is 185 Å². The third-order valence-electron chi connectivity index (χ3n) is 6.19. The topological polar surface area (TPSA) is 91.4 Å². The van der Waals surface area contributed by atoms with Crippen LogP contribution >= 0.6 is 0 Å². The number of esters is 1. The summed E-state index contributed by atoms with van der Waals surface area (Å²) in [5.74, 6) is 0.358. The van der Waals surface area contributed by atoms with E-state index in [9.17, 15) is 14.4 Å². The van der Waals surface area contributed by atoms with Crippen molar-refractivity contribution in [3.63, 3.8) is 0 Å². The summed E-state index contributed by atoms with van der Waals surface area (Å²) in [4.78, 5) is 44.5. The lowest BCUT2D eigenvalue weighted by atomic mass is 9.97. The molecular formula is C23H29N5O4. The molecule has 0 bridgehead atoms. The van der Waals surface area contributed by atoms with E-state index in [-0.39, 0.29) is 17.4 Å². The van der Waals surface area contributed by atoms with Crippen molar-refractivity contribution in [1.82, 2.24) is 18.7 Å². The van der Waals surface area contributed by atoms with Crippen molar-refractivity contribution in [2.24, 2.45) is 20.0 Å². The molecule has 0 N–H and O–H groups in total. The van der Waals surface area contributed by atoms with E-state index in [4.69, 9.17) is 9.72 Å². The number of ether oxygens (including phenoxy) is 1. The molecule has 0 unspecified atom stereocenters. The molecule has 1 fully saturated rings. The van der Waals surface area contributed by atoms with E-state index in [1.165, 1.54) is 11.6 Å². The van der Waals surface area contributed by atoms with Crippen LogP contribution in [-0.4, -0.2) is 44.4 Å². The number of hydrogen-bond acceptors (Lipinski definition) is 6. The van der Waals surface area contributed by atoms with Crippen molar-refractivity contribution >= 4 is 23.1 Å². The van der Waals surface area contributed by atoms with Gasteiger partial charge in [0, 0.05) is 27.2 Å². The summed E-state index contributed by atoms with van der Waals surface area (Å²) in [7, 11) is 3.11. The number of fused-ring (bicyclic) bond motifs is 1. The quantitative estimate of drug-likeness (QED) is 0.561. The second-order valence-corrected chi connectivity index (χ2v) is 8.37. The predicted molar refractivity (Wildman–Crippen MR) is 122 cm³/mol. The van der Waals surface area contributed by atoms with Crippen LogP contribution in [0.5, 0.6) is 0 Å². The Hall–Kier alpha value is -3.36. The number of anilines is 1. The molecule has 0 spiro atoms. The van der Waals surface area contributed by atoms with Gasteiger partial charge in [0.25, 0.3) is 5.56 Å². The van der Waals surface area contributed by atoms with Crippen LogP contribution < -0.4 is 16.1 Å². The Bertz CT molecular complexity index is 1260. The van der Waals surface area contributed by atoms with Crippen molar-refractivity contribution in [1.29, 1.82) is 0 Å². The number of hydrogen-bond donors (Lipinski definition) is 0. The molecule has 1 saturated heterocycles. The lowest BCUT2D eigenvalue weighted by Crippen LogP contribution is -2.39. The molecule has 4 rings (SSSR count). The van der Waals surface area contributed by atoms with Gasteiger partial charge in [0.2, 0.25) is 5.95 Å².